The molecule has 0 unspecified atom stereocenters. The van der Waals surface area contributed by atoms with Gasteiger partial charge in [-0.1, -0.05) is 0 Å². The molecule has 1 aromatic rings. The standard InChI is InChI=1S/C36H52N5S/c1-27(2)38-17-9-35(10-18-38)13-21-40(22-14-35)29-5-7-31-33(25-29)42-34-26-30(6-8-32(34)37-31)41-23-15-36(16-24-41)11-19-39(20-12-36)28(3)4/h5-8,25-28H,9-24H2,1-4H3/q+1. The maximum absolute atomic E-state index is 5.09. The monoisotopic (exact) mass is 586 g/mol. The topological polar surface area (TPSA) is 25.6 Å². The van der Waals surface area contributed by atoms with Crippen molar-refractivity contribution in [1.29, 1.82) is 0 Å². The van der Waals surface area contributed by atoms with Crippen LogP contribution in [0.5, 0.6) is 0 Å². The van der Waals surface area contributed by atoms with Gasteiger partial charge in [-0.3, -0.25) is 0 Å². The van der Waals surface area contributed by atoms with Crippen LogP contribution >= 0.6 is 11.3 Å². The molecule has 4 fully saturated rings. The Bertz CT molecular complexity index is 1420. The fourth-order valence-electron chi connectivity index (χ4n) is 8.50. The second kappa shape index (κ2) is 11.5. The summed E-state index contributed by atoms with van der Waals surface area (Å²) in [5.74, 6) is 0. The predicted octanol–water partition coefficient (Wildman–Crippen LogP) is 6.55. The smallest absolute Gasteiger partial charge is 0.201 e. The van der Waals surface area contributed by atoms with E-state index in [0.717, 1.165) is 11.2 Å². The van der Waals surface area contributed by atoms with E-state index in [1.807, 2.05) is 11.3 Å². The second-order valence-corrected chi connectivity index (χ2v) is 15.8. The van der Waals surface area contributed by atoms with E-state index < -0.39 is 0 Å². The summed E-state index contributed by atoms with van der Waals surface area (Å²) < 4.78 is 3.96. The first-order chi connectivity index (χ1) is 20.3. The number of fused-ring (bicyclic) bond motifs is 2. The zero-order valence-electron chi connectivity index (χ0n) is 26.6. The molecule has 7 rings (SSSR count). The van der Waals surface area contributed by atoms with Crippen LogP contribution in [0.1, 0.15) is 79.1 Å². The van der Waals surface area contributed by atoms with Crippen molar-refractivity contribution in [3.63, 3.8) is 0 Å². The lowest BCUT2D eigenvalue weighted by Gasteiger charge is -2.48. The number of nitrogens with zero attached hydrogens (tertiary/aromatic N) is 5. The van der Waals surface area contributed by atoms with Crippen LogP contribution in [-0.2, 0) is 0 Å². The Morgan fingerprint density at radius 1 is 0.690 bits per heavy atom. The average Bonchev–Trinajstić information content (AvgIpc) is 3.01. The Hall–Kier alpha value is -2.02. The van der Waals surface area contributed by atoms with Gasteiger partial charge in [0, 0.05) is 55.8 Å². The van der Waals surface area contributed by atoms with Crippen LogP contribution in [0.3, 0.4) is 0 Å². The van der Waals surface area contributed by atoms with Crippen molar-refractivity contribution in [2.75, 3.05) is 57.3 Å². The van der Waals surface area contributed by atoms with E-state index in [1.165, 1.54) is 124 Å². The Kier molecular flexibility index (Phi) is 7.85. The molecule has 2 spiro atoms. The number of aromatic nitrogens is 1. The van der Waals surface area contributed by atoms with Crippen molar-refractivity contribution in [3.8, 4) is 10.6 Å². The van der Waals surface area contributed by atoms with E-state index >= 15 is 0 Å². The maximum Gasteiger partial charge on any atom is 0.201 e. The highest BCUT2D eigenvalue weighted by Gasteiger charge is 2.40. The molecule has 4 saturated heterocycles. The molecule has 0 saturated carbocycles. The Morgan fingerprint density at radius 3 is 1.86 bits per heavy atom. The number of likely N-dealkylation sites (tertiary alicyclic amines) is 2. The molecule has 0 amide bonds. The first-order valence-corrected chi connectivity index (χ1v) is 17.8. The van der Waals surface area contributed by atoms with Crippen LogP contribution in [0, 0.1) is 10.8 Å². The van der Waals surface area contributed by atoms with Gasteiger partial charge in [-0.15, -0.1) is 11.3 Å². The Balaban J connectivity index is 1.06. The molecular formula is C36H52N5S+. The molecule has 6 heteroatoms. The SMILES string of the molecule is CC(C)N1CCC2(CCN(c3ccc4nc5ccc(=[N+]6CCC7(CCN(C(C)C)CC7)CC6)cc-5sc4c3)CC2)CC1. The van der Waals surface area contributed by atoms with Crippen molar-refractivity contribution in [2.24, 2.45) is 10.8 Å². The molecule has 5 nitrogen and oxygen atoms in total. The van der Waals surface area contributed by atoms with Crippen LogP contribution in [0.15, 0.2) is 36.4 Å². The minimum atomic E-state index is 0.578. The van der Waals surface area contributed by atoms with E-state index in [2.05, 4.69) is 83.4 Å². The minimum Gasteiger partial charge on any atom is -0.371 e. The number of piperidine rings is 4. The van der Waals surface area contributed by atoms with E-state index in [-0.39, 0.29) is 0 Å². The lowest BCUT2D eigenvalue weighted by molar-refractivity contribution is 0.0534. The molecule has 1 aliphatic carbocycles. The van der Waals surface area contributed by atoms with Crippen molar-refractivity contribution in [3.05, 3.63) is 41.8 Å². The van der Waals surface area contributed by atoms with Gasteiger partial charge < -0.3 is 14.7 Å². The first kappa shape index (κ1) is 28.7. The fraction of sp³-hybridized carbons (Fsp3) is 0.667. The molecule has 0 aromatic heterocycles. The van der Waals surface area contributed by atoms with E-state index in [1.54, 1.807) is 0 Å². The van der Waals surface area contributed by atoms with Gasteiger partial charge in [0.15, 0.2) is 0 Å². The lowest BCUT2D eigenvalue weighted by Crippen LogP contribution is -2.49. The highest BCUT2D eigenvalue weighted by Crippen LogP contribution is 2.43. The maximum atomic E-state index is 5.09. The molecule has 6 aliphatic rings. The predicted molar refractivity (Wildman–Crippen MR) is 179 cm³/mol. The third-order valence-corrected chi connectivity index (χ3v) is 13.0. The Morgan fingerprint density at radius 2 is 1.26 bits per heavy atom. The van der Waals surface area contributed by atoms with Crippen LogP contribution in [-0.4, -0.2) is 79.2 Å². The quantitative estimate of drug-likeness (QED) is 0.257. The summed E-state index contributed by atoms with van der Waals surface area (Å²) >= 11 is 1.93. The highest BCUT2D eigenvalue weighted by atomic mass is 32.1. The largest absolute Gasteiger partial charge is 0.371 e. The summed E-state index contributed by atoms with van der Waals surface area (Å²) in [5, 5.41) is 1.38. The summed E-state index contributed by atoms with van der Waals surface area (Å²) in [5.41, 5.74) is 4.80. The average molecular weight is 587 g/mol. The van der Waals surface area contributed by atoms with Crippen molar-refractivity contribution < 1.29 is 0 Å². The number of benzene rings is 2. The van der Waals surface area contributed by atoms with Gasteiger partial charge in [-0.2, -0.15) is 0 Å². The summed E-state index contributed by atoms with van der Waals surface area (Å²) in [7, 11) is 0. The molecule has 0 radical (unpaired) electrons. The summed E-state index contributed by atoms with van der Waals surface area (Å²) in [6, 6.07) is 15.4. The van der Waals surface area contributed by atoms with Gasteiger partial charge >= 0.3 is 0 Å². The van der Waals surface area contributed by atoms with Crippen molar-refractivity contribution in [1.82, 2.24) is 19.4 Å². The van der Waals surface area contributed by atoms with Gasteiger partial charge in [-0.05, 0) is 127 Å². The minimum absolute atomic E-state index is 0.578. The number of hydrogen-bond acceptors (Lipinski definition) is 5. The third-order valence-electron chi connectivity index (χ3n) is 11.9. The Labute approximate surface area is 257 Å². The molecule has 42 heavy (non-hydrogen) atoms. The summed E-state index contributed by atoms with van der Waals surface area (Å²) in [6.45, 7) is 19.3. The van der Waals surface area contributed by atoms with Gasteiger partial charge in [0.05, 0.1) is 20.8 Å². The summed E-state index contributed by atoms with van der Waals surface area (Å²) in [6.07, 6.45) is 10.9. The molecule has 0 atom stereocenters. The van der Waals surface area contributed by atoms with E-state index in [4.69, 9.17) is 4.98 Å². The highest BCUT2D eigenvalue weighted by molar-refractivity contribution is 7.21. The normalized spacial score (nSPS) is 23.7. The third kappa shape index (κ3) is 5.64. The van der Waals surface area contributed by atoms with E-state index in [9.17, 15) is 0 Å². The van der Waals surface area contributed by atoms with Gasteiger partial charge in [0.25, 0.3) is 0 Å². The number of anilines is 1. The van der Waals surface area contributed by atoms with Crippen molar-refractivity contribution in [2.45, 2.75) is 91.1 Å². The van der Waals surface area contributed by atoms with Crippen LogP contribution < -0.4 is 14.8 Å². The first-order valence-electron chi connectivity index (χ1n) is 17.0. The molecule has 5 heterocycles. The molecule has 0 bridgehead atoms. The van der Waals surface area contributed by atoms with Crippen LogP contribution in [0.25, 0.3) is 20.8 Å². The number of rotatable bonds is 3. The molecule has 5 aliphatic heterocycles. The fourth-order valence-corrected chi connectivity index (χ4v) is 9.54. The molecule has 0 N–H and O–H groups in total. The number of hydrogen-bond donors (Lipinski definition) is 0. The zero-order valence-corrected chi connectivity index (χ0v) is 27.4. The zero-order chi connectivity index (χ0) is 28.9. The molecule has 1 aromatic carbocycles. The van der Waals surface area contributed by atoms with Gasteiger partial charge in [0.1, 0.15) is 13.1 Å². The van der Waals surface area contributed by atoms with Gasteiger partial charge in [0.2, 0.25) is 5.36 Å². The van der Waals surface area contributed by atoms with Crippen molar-refractivity contribution >= 4 is 27.2 Å². The summed E-state index contributed by atoms with van der Waals surface area (Å²) in [4.78, 5) is 14.4. The van der Waals surface area contributed by atoms with Gasteiger partial charge in [-0.25, -0.2) is 9.56 Å². The molecule has 226 valence electrons. The molecular weight excluding hydrogens is 534 g/mol. The van der Waals surface area contributed by atoms with E-state index in [0.29, 0.717) is 22.9 Å². The second-order valence-electron chi connectivity index (χ2n) is 14.8. The van der Waals surface area contributed by atoms with Crippen LogP contribution in [0.4, 0.5) is 5.69 Å². The lowest BCUT2D eigenvalue weighted by atomic mass is 9.71. The van der Waals surface area contributed by atoms with Crippen LogP contribution in [0.2, 0.25) is 0 Å².